The zero-order chi connectivity index (χ0) is 18.2. The number of amides is 1. The van der Waals surface area contributed by atoms with Gasteiger partial charge >= 0.3 is 0 Å². The summed E-state index contributed by atoms with van der Waals surface area (Å²) in [5.74, 6) is 2.83. The Kier molecular flexibility index (Phi) is 4.35. The molecule has 3 aliphatic rings. The summed E-state index contributed by atoms with van der Waals surface area (Å²) in [5, 5.41) is 4.73. The number of nitrogens with zero attached hydrogens (tertiary/aromatic N) is 7. The van der Waals surface area contributed by atoms with Crippen LogP contribution in [0, 0.1) is 0 Å². The Balaban J connectivity index is 1.17. The third-order valence-corrected chi connectivity index (χ3v) is 5.98. The van der Waals surface area contributed by atoms with E-state index < -0.39 is 0 Å². The van der Waals surface area contributed by atoms with Crippen molar-refractivity contribution in [1.82, 2.24) is 34.5 Å². The molecular weight excluding hydrogens is 342 g/mol. The molecule has 5 rings (SSSR count). The highest BCUT2D eigenvalue weighted by molar-refractivity contribution is 5.92. The first-order chi connectivity index (χ1) is 13.3. The van der Waals surface area contributed by atoms with E-state index in [0.29, 0.717) is 17.7 Å². The van der Waals surface area contributed by atoms with Crippen LogP contribution in [0.3, 0.4) is 0 Å². The molecule has 142 valence electrons. The van der Waals surface area contributed by atoms with E-state index in [1.54, 1.807) is 18.6 Å². The van der Waals surface area contributed by atoms with E-state index in [9.17, 15) is 4.79 Å². The number of hydrogen-bond donors (Lipinski definition) is 0. The molecule has 0 aromatic carbocycles. The van der Waals surface area contributed by atoms with Crippen molar-refractivity contribution < 1.29 is 4.79 Å². The predicted molar refractivity (Wildman–Crippen MR) is 98.2 cm³/mol. The molecule has 1 saturated carbocycles. The first kappa shape index (κ1) is 16.8. The lowest BCUT2D eigenvalue weighted by Gasteiger charge is -2.37. The number of rotatable bonds is 3. The maximum atomic E-state index is 12.5. The molecule has 0 radical (unpaired) electrons. The van der Waals surface area contributed by atoms with Crippen LogP contribution in [0.2, 0.25) is 0 Å². The molecule has 2 aliphatic heterocycles. The second kappa shape index (κ2) is 6.99. The molecule has 0 N–H and O–H groups in total. The quantitative estimate of drug-likeness (QED) is 0.808. The molecule has 0 unspecified atom stereocenters. The summed E-state index contributed by atoms with van der Waals surface area (Å²) in [6.07, 6.45) is 10.2. The number of carbonyl (C=O) groups excluding carboxylic acids is 1. The number of carbonyl (C=O) groups is 1. The van der Waals surface area contributed by atoms with Crippen molar-refractivity contribution in [2.75, 3.05) is 26.2 Å². The van der Waals surface area contributed by atoms with Crippen molar-refractivity contribution >= 4 is 5.91 Å². The molecule has 8 heteroatoms. The third kappa shape index (κ3) is 3.45. The minimum absolute atomic E-state index is 0.00522. The van der Waals surface area contributed by atoms with Crippen molar-refractivity contribution in [2.24, 2.45) is 0 Å². The van der Waals surface area contributed by atoms with E-state index in [4.69, 9.17) is 10.1 Å². The maximum Gasteiger partial charge on any atom is 0.274 e. The molecule has 1 aliphatic carbocycles. The zero-order valence-electron chi connectivity index (χ0n) is 15.5. The molecule has 1 saturated heterocycles. The number of aromatic nitrogens is 5. The highest BCUT2D eigenvalue weighted by atomic mass is 16.2. The van der Waals surface area contributed by atoms with Gasteiger partial charge in [0.05, 0.1) is 12.7 Å². The first-order valence-electron chi connectivity index (χ1n) is 10.0. The second-order valence-electron chi connectivity index (χ2n) is 7.78. The SMILES string of the molecule is O=C(c1cnccn1)N1CCC(N2CCc3nc(C4CC4)nn3CC2)CC1. The van der Waals surface area contributed by atoms with Gasteiger partial charge in [0.1, 0.15) is 11.5 Å². The largest absolute Gasteiger partial charge is 0.337 e. The van der Waals surface area contributed by atoms with Crippen molar-refractivity contribution in [2.45, 2.75) is 50.6 Å². The van der Waals surface area contributed by atoms with Crippen LogP contribution >= 0.6 is 0 Å². The van der Waals surface area contributed by atoms with Gasteiger partial charge < -0.3 is 4.90 Å². The predicted octanol–water partition coefficient (Wildman–Crippen LogP) is 1.11. The summed E-state index contributed by atoms with van der Waals surface area (Å²) in [6, 6.07) is 0.531. The molecule has 2 aromatic heterocycles. The van der Waals surface area contributed by atoms with Crippen LogP contribution in [0.15, 0.2) is 18.6 Å². The fraction of sp³-hybridized carbons (Fsp3) is 0.632. The van der Waals surface area contributed by atoms with Crippen molar-refractivity contribution in [3.63, 3.8) is 0 Å². The lowest BCUT2D eigenvalue weighted by molar-refractivity contribution is 0.0614. The highest BCUT2D eigenvalue weighted by Crippen LogP contribution is 2.38. The topological polar surface area (TPSA) is 80.0 Å². The maximum absolute atomic E-state index is 12.5. The van der Waals surface area contributed by atoms with Gasteiger partial charge in [0.15, 0.2) is 5.82 Å². The lowest BCUT2D eigenvalue weighted by Crippen LogP contribution is -2.47. The molecule has 0 spiro atoms. The molecule has 2 fully saturated rings. The Morgan fingerprint density at radius 2 is 1.85 bits per heavy atom. The lowest BCUT2D eigenvalue weighted by atomic mass is 10.0. The van der Waals surface area contributed by atoms with Crippen LogP contribution < -0.4 is 0 Å². The smallest absolute Gasteiger partial charge is 0.274 e. The van der Waals surface area contributed by atoms with E-state index in [-0.39, 0.29) is 5.91 Å². The van der Waals surface area contributed by atoms with Gasteiger partial charge in [-0.1, -0.05) is 0 Å². The minimum Gasteiger partial charge on any atom is -0.337 e. The molecule has 0 atom stereocenters. The minimum atomic E-state index is -0.00522. The Labute approximate surface area is 158 Å². The molecule has 1 amide bonds. The Hall–Kier alpha value is -2.35. The van der Waals surface area contributed by atoms with Crippen molar-refractivity contribution in [3.8, 4) is 0 Å². The Morgan fingerprint density at radius 1 is 1.00 bits per heavy atom. The van der Waals surface area contributed by atoms with Gasteiger partial charge in [-0.25, -0.2) is 14.6 Å². The zero-order valence-corrected chi connectivity index (χ0v) is 15.5. The average Bonchev–Trinajstić information content (AvgIpc) is 3.52. The molecule has 8 nitrogen and oxygen atoms in total. The number of likely N-dealkylation sites (tertiary alicyclic amines) is 1. The summed E-state index contributed by atoms with van der Waals surface area (Å²) in [7, 11) is 0. The Morgan fingerprint density at radius 3 is 2.59 bits per heavy atom. The van der Waals surface area contributed by atoms with Gasteiger partial charge in [-0.05, 0) is 25.7 Å². The van der Waals surface area contributed by atoms with Crippen LogP contribution in [0.25, 0.3) is 0 Å². The van der Waals surface area contributed by atoms with E-state index in [1.807, 2.05) is 4.90 Å². The monoisotopic (exact) mass is 367 g/mol. The van der Waals surface area contributed by atoms with Gasteiger partial charge in [0.2, 0.25) is 0 Å². The van der Waals surface area contributed by atoms with Gasteiger partial charge in [-0.15, -0.1) is 0 Å². The number of fused-ring (bicyclic) bond motifs is 1. The van der Waals surface area contributed by atoms with Crippen LogP contribution in [0.5, 0.6) is 0 Å². The van der Waals surface area contributed by atoms with E-state index >= 15 is 0 Å². The standard InChI is InChI=1S/C19H25N7O/c27-19(16-13-20-6-7-21-16)25-8-3-15(4-9-25)24-10-5-17-22-18(14-1-2-14)23-26(17)12-11-24/h6-7,13-15H,1-5,8-12H2. The van der Waals surface area contributed by atoms with Crippen LogP contribution in [0.1, 0.15) is 53.7 Å². The van der Waals surface area contributed by atoms with Gasteiger partial charge in [-0.2, -0.15) is 5.10 Å². The summed E-state index contributed by atoms with van der Waals surface area (Å²) in [4.78, 5) is 29.9. The normalized spacial score (nSPS) is 21.7. The fourth-order valence-electron chi connectivity index (χ4n) is 4.22. The molecule has 27 heavy (non-hydrogen) atoms. The average molecular weight is 367 g/mol. The fourth-order valence-corrected chi connectivity index (χ4v) is 4.22. The van der Waals surface area contributed by atoms with Gasteiger partial charge in [0.25, 0.3) is 5.91 Å². The van der Waals surface area contributed by atoms with Crippen LogP contribution in [-0.2, 0) is 13.0 Å². The number of piperidine rings is 1. The summed E-state index contributed by atoms with van der Waals surface area (Å²) in [6.45, 7) is 4.54. The Bertz CT molecular complexity index is 783. The second-order valence-corrected chi connectivity index (χ2v) is 7.78. The van der Waals surface area contributed by atoms with Crippen LogP contribution in [0.4, 0.5) is 0 Å². The first-order valence-corrected chi connectivity index (χ1v) is 10.0. The molecular formula is C19H25N7O. The third-order valence-electron chi connectivity index (χ3n) is 5.98. The van der Waals surface area contributed by atoms with Gasteiger partial charge in [-0.3, -0.25) is 14.7 Å². The summed E-state index contributed by atoms with van der Waals surface area (Å²) < 4.78 is 2.13. The van der Waals surface area contributed by atoms with E-state index in [2.05, 4.69) is 19.5 Å². The summed E-state index contributed by atoms with van der Waals surface area (Å²) >= 11 is 0. The van der Waals surface area contributed by atoms with Crippen molar-refractivity contribution in [3.05, 3.63) is 35.9 Å². The van der Waals surface area contributed by atoms with E-state index in [1.165, 1.54) is 12.8 Å². The molecule has 2 aromatic rings. The molecule has 0 bridgehead atoms. The van der Waals surface area contributed by atoms with Crippen molar-refractivity contribution in [1.29, 1.82) is 0 Å². The van der Waals surface area contributed by atoms with E-state index in [0.717, 1.165) is 63.6 Å². The summed E-state index contributed by atoms with van der Waals surface area (Å²) in [5.41, 5.74) is 0.439. The molecule has 4 heterocycles. The van der Waals surface area contributed by atoms with Crippen LogP contribution in [-0.4, -0.2) is 72.7 Å². The van der Waals surface area contributed by atoms with Gasteiger partial charge in [0, 0.05) is 57.0 Å². The highest BCUT2D eigenvalue weighted by Gasteiger charge is 2.32. The number of hydrogen-bond acceptors (Lipinski definition) is 6.